The predicted octanol–water partition coefficient (Wildman–Crippen LogP) is -1.15. The molecule has 15 heteroatoms. The number of ether oxygens (including phenoxy) is 3. The van der Waals surface area contributed by atoms with Crippen LogP contribution in [0.3, 0.4) is 0 Å². The highest BCUT2D eigenvalue weighted by atomic mass is 31.2. The standard InChI is InChI=1S/C22H44NO13P/c1-2-3-4-5-6-7-8-9-10-32-37(30,31)36-21-15(23)17(27)20(14(12-25)34-21)35-22-19(29)18(28)16(26)13(11-24)33-22/h13-22,24-29H,2-12,23H2,1H3,(H,30,31)/t13-,14-,15+,16+,17-,18+,19-,20-,21-,22+/m1/s1. The van der Waals surface area contributed by atoms with Crippen molar-refractivity contribution in [2.24, 2.45) is 5.73 Å². The van der Waals surface area contributed by atoms with Crippen molar-refractivity contribution in [2.45, 2.75) is 120 Å². The van der Waals surface area contributed by atoms with Gasteiger partial charge in [-0.15, -0.1) is 0 Å². The highest BCUT2D eigenvalue weighted by Crippen LogP contribution is 2.46. The molecule has 0 aromatic rings. The fourth-order valence-electron chi connectivity index (χ4n) is 4.26. The van der Waals surface area contributed by atoms with Crippen LogP contribution >= 0.6 is 7.82 Å². The molecule has 0 aliphatic carbocycles. The summed E-state index contributed by atoms with van der Waals surface area (Å²) in [6, 6.07) is -1.44. The molecule has 2 rings (SSSR count). The fraction of sp³-hybridized carbons (Fsp3) is 1.00. The Bertz CT molecular complexity index is 687. The molecule has 0 amide bonds. The number of hydrogen-bond acceptors (Lipinski definition) is 13. The molecule has 9 N–H and O–H groups in total. The number of phosphoric ester groups is 1. The molecule has 2 saturated heterocycles. The summed E-state index contributed by atoms with van der Waals surface area (Å²) in [5, 5.41) is 59.8. The van der Waals surface area contributed by atoms with Crippen molar-refractivity contribution in [1.82, 2.24) is 0 Å². The van der Waals surface area contributed by atoms with Crippen LogP contribution in [-0.2, 0) is 27.8 Å². The lowest BCUT2D eigenvalue weighted by molar-refractivity contribution is -0.343. The van der Waals surface area contributed by atoms with E-state index in [1.807, 2.05) is 0 Å². The van der Waals surface area contributed by atoms with E-state index in [2.05, 4.69) is 6.92 Å². The van der Waals surface area contributed by atoms with Crippen molar-refractivity contribution in [3.63, 3.8) is 0 Å². The molecule has 37 heavy (non-hydrogen) atoms. The summed E-state index contributed by atoms with van der Waals surface area (Å²) in [4.78, 5) is 10.1. The van der Waals surface area contributed by atoms with Crippen molar-refractivity contribution in [3.05, 3.63) is 0 Å². The third kappa shape index (κ3) is 9.69. The molecule has 0 saturated carbocycles. The Labute approximate surface area is 216 Å². The van der Waals surface area contributed by atoms with Crippen LogP contribution in [0, 0.1) is 0 Å². The van der Waals surface area contributed by atoms with Gasteiger partial charge in [-0.05, 0) is 6.42 Å². The van der Waals surface area contributed by atoms with Gasteiger partial charge >= 0.3 is 7.82 Å². The second-order valence-electron chi connectivity index (χ2n) is 9.47. The van der Waals surface area contributed by atoms with E-state index in [4.69, 9.17) is 29.0 Å². The lowest BCUT2D eigenvalue weighted by Crippen LogP contribution is -2.66. The summed E-state index contributed by atoms with van der Waals surface area (Å²) < 4.78 is 38.6. The van der Waals surface area contributed by atoms with E-state index >= 15 is 0 Å². The topological polar surface area (TPSA) is 231 Å². The highest BCUT2D eigenvalue weighted by Gasteiger charge is 2.51. The van der Waals surface area contributed by atoms with Gasteiger partial charge in [0.1, 0.15) is 42.7 Å². The van der Waals surface area contributed by atoms with Gasteiger partial charge in [-0.2, -0.15) is 0 Å². The third-order valence-electron chi connectivity index (χ3n) is 6.53. The molecule has 2 aliphatic rings. The summed E-state index contributed by atoms with van der Waals surface area (Å²) in [5.74, 6) is 0. The van der Waals surface area contributed by atoms with E-state index in [9.17, 15) is 40.1 Å². The van der Waals surface area contributed by atoms with Crippen LogP contribution in [0.4, 0.5) is 0 Å². The summed E-state index contributed by atoms with van der Waals surface area (Å²) in [7, 11) is -4.62. The molecule has 11 atom stereocenters. The lowest BCUT2D eigenvalue weighted by Gasteiger charge is -2.46. The number of nitrogens with two attached hydrogens (primary N) is 1. The van der Waals surface area contributed by atoms with Gasteiger partial charge < -0.3 is 55.5 Å². The van der Waals surface area contributed by atoms with Crippen LogP contribution in [0.25, 0.3) is 0 Å². The molecule has 2 fully saturated rings. The summed E-state index contributed by atoms with van der Waals surface area (Å²) in [6.07, 6.45) is -5.87. The molecule has 0 aromatic carbocycles. The molecule has 1 unspecified atom stereocenters. The maximum atomic E-state index is 12.4. The molecule has 0 aromatic heterocycles. The van der Waals surface area contributed by atoms with Crippen molar-refractivity contribution in [2.75, 3.05) is 19.8 Å². The molecule has 2 heterocycles. The Hall–Kier alpha value is -0.290. The van der Waals surface area contributed by atoms with E-state index < -0.39 is 82.4 Å². The number of aliphatic hydroxyl groups excluding tert-OH is 6. The van der Waals surface area contributed by atoms with Crippen LogP contribution < -0.4 is 5.73 Å². The fourth-order valence-corrected chi connectivity index (χ4v) is 5.14. The van der Waals surface area contributed by atoms with E-state index in [1.54, 1.807) is 0 Å². The minimum absolute atomic E-state index is 0.0283. The average Bonchev–Trinajstić information content (AvgIpc) is 2.87. The summed E-state index contributed by atoms with van der Waals surface area (Å²) >= 11 is 0. The molecule has 0 spiro atoms. The molecular weight excluding hydrogens is 517 g/mol. The van der Waals surface area contributed by atoms with Gasteiger partial charge in [0.05, 0.1) is 25.9 Å². The first-order valence-electron chi connectivity index (χ1n) is 12.9. The Morgan fingerprint density at radius 1 is 0.784 bits per heavy atom. The van der Waals surface area contributed by atoms with Gasteiger partial charge in [-0.1, -0.05) is 51.9 Å². The predicted molar refractivity (Wildman–Crippen MR) is 128 cm³/mol. The number of hydrogen-bond donors (Lipinski definition) is 8. The minimum Gasteiger partial charge on any atom is -0.394 e. The Morgan fingerprint density at radius 3 is 1.95 bits per heavy atom. The van der Waals surface area contributed by atoms with Crippen molar-refractivity contribution in [3.8, 4) is 0 Å². The van der Waals surface area contributed by atoms with Gasteiger partial charge in [0.15, 0.2) is 12.6 Å². The Kier molecular flexibility index (Phi) is 14.3. The van der Waals surface area contributed by atoms with Crippen molar-refractivity contribution < 1.29 is 63.4 Å². The van der Waals surface area contributed by atoms with E-state index in [1.165, 1.54) is 19.3 Å². The van der Waals surface area contributed by atoms with E-state index in [0.717, 1.165) is 25.7 Å². The first-order chi connectivity index (χ1) is 17.6. The van der Waals surface area contributed by atoms with Crippen LogP contribution in [0.2, 0.25) is 0 Å². The lowest BCUT2D eigenvalue weighted by atomic mass is 9.96. The van der Waals surface area contributed by atoms with Crippen LogP contribution in [-0.4, -0.2) is 117 Å². The minimum atomic E-state index is -4.62. The second kappa shape index (κ2) is 16.1. The van der Waals surface area contributed by atoms with E-state index in [-0.39, 0.29) is 6.61 Å². The molecule has 0 radical (unpaired) electrons. The quantitative estimate of drug-likeness (QED) is 0.0822. The van der Waals surface area contributed by atoms with Crippen LogP contribution in [0.5, 0.6) is 0 Å². The van der Waals surface area contributed by atoms with Crippen molar-refractivity contribution >= 4 is 7.82 Å². The van der Waals surface area contributed by atoms with Gasteiger partial charge in [0.2, 0.25) is 0 Å². The number of aliphatic hydroxyl groups is 6. The molecule has 2 aliphatic heterocycles. The van der Waals surface area contributed by atoms with Gasteiger partial charge in [0.25, 0.3) is 0 Å². The SMILES string of the molecule is CCCCCCCCCCOP(=O)(O)O[C@H]1O[C@H](CO)[C@@H](O[C@@H]2O[C@H](CO)[C@H](O)[C@H](O)[C@H]2O)[C@H](O)[C@@H]1N. The summed E-state index contributed by atoms with van der Waals surface area (Å²) in [6.45, 7) is 0.678. The zero-order valence-electron chi connectivity index (χ0n) is 21.2. The molecule has 14 nitrogen and oxygen atoms in total. The Morgan fingerprint density at radius 2 is 1.35 bits per heavy atom. The monoisotopic (exact) mass is 561 g/mol. The summed E-state index contributed by atoms with van der Waals surface area (Å²) in [5.41, 5.74) is 5.94. The highest BCUT2D eigenvalue weighted by molar-refractivity contribution is 7.47. The normalized spacial score (nSPS) is 38.4. The van der Waals surface area contributed by atoms with Gasteiger partial charge in [-0.25, -0.2) is 4.57 Å². The number of phosphoric acid groups is 1. The zero-order chi connectivity index (χ0) is 27.6. The largest absolute Gasteiger partial charge is 0.474 e. The zero-order valence-corrected chi connectivity index (χ0v) is 22.1. The average molecular weight is 562 g/mol. The number of unbranched alkanes of at least 4 members (excludes halogenated alkanes) is 7. The molecule has 0 bridgehead atoms. The smallest absolute Gasteiger partial charge is 0.394 e. The second-order valence-corrected chi connectivity index (χ2v) is 10.9. The third-order valence-corrected chi connectivity index (χ3v) is 7.51. The van der Waals surface area contributed by atoms with E-state index in [0.29, 0.717) is 6.42 Å². The van der Waals surface area contributed by atoms with Gasteiger partial charge in [0, 0.05) is 0 Å². The first-order valence-corrected chi connectivity index (χ1v) is 14.4. The number of rotatable bonds is 16. The van der Waals surface area contributed by atoms with Crippen molar-refractivity contribution in [1.29, 1.82) is 0 Å². The Balaban J connectivity index is 1.86. The van der Waals surface area contributed by atoms with Gasteiger partial charge in [-0.3, -0.25) is 9.05 Å². The van der Waals surface area contributed by atoms with Crippen LogP contribution in [0.15, 0.2) is 0 Å². The maximum absolute atomic E-state index is 12.4. The first kappa shape index (κ1) is 32.9. The molecular formula is C22H44NO13P. The maximum Gasteiger partial charge on any atom is 0.474 e. The van der Waals surface area contributed by atoms with Crippen LogP contribution in [0.1, 0.15) is 58.3 Å². The molecule has 220 valence electrons.